The standard InChI is InChI=1S/C21H33N5O2/c1-5-11-22-21(24-16-20(27)25(2)3)23-15-19(26-12-6-7-13-26)17-9-8-10-18(14-17)28-4/h5,8-10,14,19H,1,6-7,11-13,15-16H2,2-4H3,(H2,22,23,24). The molecule has 0 radical (unpaired) electrons. The van der Waals surface area contributed by atoms with Gasteiger partial charge < -0.3 is 20.3 Å². The van der Waals surface area contributed by atoms with Crippen LogP contribution in [0.15, 0.2) is 41.9 Å². The molecule has 1 fully saturated rings. The first-order valence-electron chi connectivity index (χ1n) is 9.76. The lowest BCUT2D eigenvalue weighted by Crippen LogP contribution is -2.43. The van der Waals surface area contributed by atoms with Gasteiger partial charge in [-0.25, -0.2) is 4.99 Å². The number of rotatable bonds is 9. The number of nitrogens with one attached hydrogen (secondary N) is 2. The number of carbonyl (C=O) groups is 1. The summed E-state index contributed by atoms with van der Waals surface area (Å²) in [6, 6.07) is 8.42. The van der Waals surface area contributed by atoms with E-state index in [0.717, 1.165) is 18.8 Å². The monoisotopic (exact) mass is 387 g/mol. The molecular formula is C21H33N5O2. The van der Waals surface area contributed by atoms with E-state index in [9.17, 15) is 4.79 Å². The lowest BCUT2D eigenvalue weighted by Gasteiger charge is -2.29. The minimum Gasteiger partial charge on any atom is -0.497 e. The second-order valence-corrected chi connectivity index (χ2v) is 7.04. The number of methoxy groups -OCH3 is 1. The van der Waals surface area contributed by atoms with Crippen molar-refractivity contribution in [1.82, 2.24) is 20.4 Å². The van der Waals surface area contributed by atoms with Crippen LogP contribution >= 0.6 is 0 Å². The number of ether oxygens (including phenoxy) is 1. The van der Waals surface area contributed by atoms with Gasteiger partial charge in [-0.2, -0.15) is 0 Å². The molecule has 154 valence electrons. The molecule has 2 rings (SSSR count). The van der Waals surface area contributed by atoms with Crippen molar-refractivity contribution in [2.75, 3.05) is 53.9 Å². The van der Waals surface area contributed by atoms with Gasteiger partial charge in [-0.05, 0) is 43.6 Å². The molecule has 1 atom stereocenters. The van der Waals surface area contributed by atoms with Gasteiger partial charge in [-0.15, -0.1) is 6.58 Å². The van der Waals surface area contributed by atoms with Crippen molar-refractivity contribution >= 4 is 11.9 Å². The third-order valence-corrected chi connectivity index (χ3v) is 4.81. The summed E-state index contributed by atoms with van der Waals surface area (Å²) in [5.74, 6) is 1.43. The lowest BCUT2D eigenvalue weighted by atomic mass is 10.1. The fourth-order valence-corrected chi connectivity index (χ4v) is 3.18. The fourth-order valence-electron chi connectivity index (χ4n) is 3.18. The van der Waals surface area contributed by atoms with Crippen molar-refractivity contribution in [3.05, 3.63) is 42.5 Å². The van der Waals surface area contributed by atoms with Gasteiger partial charge >= 0.3 is 0 Å². The molecule has 28 heavy (non-hydrogen) atoms. The number of hydrogen-bond acceptors (Lipinski definition) is 4. The second-order valence-electron chi connectivity index (χ2n) is 7.04. The Bertz CT molecular complexity index is 669. The minimum atomic E-state index is -0.0383. The zero-order chi connectivity index (χ0) is 20.4. The number of benzene rings is 1. The van der Waals surface area contributed by atoms with E-state index < -0.39 is 0 Å². The van der Waals surface area contributed by atoms with Crippen LogP contribution < -0.4 is 15.4 Å². The maximum absolute atomic E-state index is 11.9. The molecule has 7 nitrogen and oxygen atoms in total. The Morgan fingerprint density at radius 1 is 1.36 bits per heavy atom. The summed E-state index contributed by atoms with van der Waals surface area (Å²) in [5, 5.41) is 6.59. The Balaban J connectivity index is 2.12. The normalized spacial score (nSPS) is 15.8. The topological polar surface area (TPSA) is 69.2 Å². The number of likely N-dealkylation sites (tertiary alicyclic amines) is 1. The third kappa shape index (κ3) is 6.56. The van der Waals surface area contributed by atoms with Crippen LogP contribution in [0.4, 0.5) is 0 Å². The third-order valence-electron chi connectivity index (χ3n) is 4.81. The molecule has 7 heteroatoms. The molecule has 1 aromatic carbocycles. The van der Waals surface area contributed by atoms with Gasteiger partial charge in [0.05, 0.1) is 13.2 Å². The average Bonchev–Trinajstić information content (AvgIpc) is 3.23. The molecular weight excluding hydrogens is 354 g/mol. The van der Waals surface area contributed by atoms with E-state index in [1.165, 1.54) is 23.3 Å². The van der Waals surface area contributed by atoms with Crippen molar-refractivity contribution in [1.29, 1.82) is 0 Å². The van der Waals surface area contributed by atoms with Crippen molar-refractivity contribution in [3.8, 4) is 5.75 Å². The number of carbonyl (C=O) groups excluding carboxylic acids is 1. The van der Waals surface area contributed by atoms with E-state index >= 15 is 0 Å². The first kappa shape index (κ1) is 21.8. The average molecular weight is 388 g/mol. The predicted molar refractivity (Wildman–Crippen MR) is 114 cm³/mol. The maximum atomic E-state index is 11.9. The Labute approximate surface area is 168 Å². The Kier molecular flexibility index (Phi) is 8.81. The first-order valence-corrected chi connectivity index (χ1v) is 9.76. The molecule has 1 amide bonds. The number of nitrogens with zero attached hydrogens (tertiary/aromatic N) is 3. The van der Waals surface area contributed by atoms with Gasteiger partial charge in [0.15, 0.2) is 5.96 Å². The van der Waals surface area contributed by atoms with Crippen LogP contribution in [0.2, 0.25) is 0 Å². The van der Waals surface area contributed by atoms with Crippen LogP contribution in [0.1, 0.15) is 24.4 Å². The molecule has 1 unspecified atom stereocenters. The zero-order valence-corrected chi connectivity index (χ0v) is 17.3. The van der Waals surface area contributed by atoms with Crippen LogP contribution in [0.5, 0.6) is 5.75 Å². The Hall–Kier alpha value is -2.54. The van der Waals surface area contributed by atoms with E-state index in [-0.39, 0.29) is 18.5 Å². The van der Waals surface area contributed by atoms with Crippen LogP contribution in [0, 0.1) is 0 Å². The predicted octanol–water partition coefficient (Wildman–Crippen LogP) is 1.64. The van der Waals surface area contributed by atoms with Gasteiger partial charge in [0.2, 0.25) is 5.91 Å². The molecule has 1 heterocycles. The fraction of sp³-hybridized carbons (Fsp3) is 0.524. The number of hydrogen-bond donors (Lipinski definition) is 2. The summed E-state index contributed by atoms with van der Waals surface area (Å²) < 4.78 is 5.41. The highest BCUT2D eigenvalue weighted by molar-refractivity contribution is 5.84. The molecule has 0 aromatic heterocycles. The number of likely N-dealkylation sites (N-methyl/N-ethyl adjacent to an activating group) is 1. The summed E-state index contributed by atoms with van der Waals surface area (Å²) in [4.78, 5) is 20.3. The summed E-state index contributed by atoms with van der Waals surface area (Å²) in [5.41, 5.74) is 1.21. The van der Waals surface area contributed by atoms with Gasteiger partial charge in [0, 0.05) is 27.2 Å². The quantitative estimate of drug-likeness (QED) is 0.383. The Morgan fingerprint density at radius 3 is 2.75 bits per heavy atom. The molecule has 0 spiro atoms. The summed E-state index contributed by atoms with van der Waals surface area (Å²) in [7, 11) is 5.15. The van der Waals surface area contributed by atoms with Gasteiger partial charge in [0.1, 0.15) is 12.3 Å². The van der Waals surface area contributed by atoms with Gasteiger partial charge in [-0.3, -0.25) is 9.69 Å². The van der Waals surface area contributed by atoms with Gasteiger partial charge in [0.25, 0.3) is 0 Å². The van der Waals surface area contributed by atoms with Crippen LogP contribution in [-0.2, 0) is 4.79 Å². The van der Waals surface area contributed by atoms with Gasteiger partial charge in [-0.1, -0.05) is 18.2 Å². The summed E-state index contributed by atoms with van der Waals surface area (Å²) in [6.07, 6.45) is 4.20. The van der Waals surface area contributed by atoms with Crippen LogP contribution in [0.25, 0.3) is 0 Å². The summed E-state index contributed by atoms with van der Waals surface area (Å²) >= 11 is 0. The largest absolute Gasteiger partial charge is 0.497 e. The lowest BCUT2D eigenvalue weighted by molar-refractivity contribution is -0.127. The molecule has 0 bridgehead atoms. The highest BCUT2D eigenvalue weighted by atomic mass is 16.5. The molecule has 1 aliphatic heterocycles. The number of aliphatic imine (C=N–C) groups is 1. The molecule has 1 aliphatic rings. The molecule has 1 saturated heterocycles. The smallest absolute Gasteiger partial charge is 0.243 e. The number of guanidine groups is 1. The van der Waals surface area contributed by atoms with Crippen molar-refractivity contribution in [2.45, 2.75) is 18.9 Å². The van der Waals surface area contributed by atoms with E-state index in [1.54, 1.807) is 27.3 Å². The highest BCUT2D eigenvalue weighted by Crippen LogP contribution is 2.27. The van der Waals surface area contributed by atoms with E-state index in [1.807, 2.05) is 12.1 Å². The molecule has 0 aliphatic carbocycles. The van der Waals surface area contributed by atoms with Crippen LogP contribution in [0.3, 0.4) is 0 Å². The minimum absolute atomic E-state index is 0.0383. The second kappa shape index (κ2) is 11.3. The van der Waals surface area contributed by atoms with Crippen molar-refractivity contribution < 1.29 is 9.53 Å². The van der Waals surface area contributed by atoms with E-state index in [4.69, 9.17) is 4.74 Å². The Morgan fingerprint density at radius 2 is 2.11 bits per heavy atom. The summed E-state index contributed by atoms with van der Waals surface area (Å²) in [6.45, 7) is 7.27. The number of amides is 1. The van der Waals surface area contributed by atoms with Crippen LogP contribution in [-0.4, -0.2) is 75.6 Å². The highest BCUT2D eigenvalue weighted by Gasteiger charge is 2.24. The molecule has 0 saturated carbocycles. The van der Waals surface area contributed by atoms with Crippen molar-refractivity contribution in [2.24, 2.45) is 4.99 Å². The maximum Gasteiger partial charge on any atom is 0.243 e. The van der Waals surface area contributed by atoms with E-state index in [2.05, 4.69) is 39.2 Å². The zero-order valence-electron chi connectivity index (χ0n) is 17.3. The molecule has 1 aromatic rings. The van der Waals surface area contributed by atoms with Crippen molar-refractivity contribution in [3.63, 3.8) is 0 Å². The first-order chi connectivity index (χ1) is 13.5. The molecule has 2 N–H and O–H groups in total. The van der Waals surface area contributed by atoms with E-state index in [0.29, 0.717) is 19.0 Å². The SMILES string of the molecule is C=CCNC(=NCC(=O)N(C)C)NCC(c1cccc(OC)c1)N1CCCC1.